The van der Waals surface area contributed by atoms with Gasteiger partial charge in [0.2, 0.25) is 0 Å². The van der Waals surface area contributed by atoms with E-state index < -0.39 is 0 Å². The van der Waals surface area contributed by atoms with Crippen molar-refractivity contribution < 1.29 is 19.7 Å². The Hall–Kier alpha value is -1.27. The highest BCUT2D eigenvalue weighted by atomic mass is 79.9. The minimum Gasteiger partial charge on any atom is -0.508 e. The molecule has 1 fully saturated rings. The number of phenols is 2. The van der Waals surface area contributed by atoms with E-state index in [-0.39, 0.29) is 35.1 Å². The summed E-state index contributed by atoms with van der Waals surface area (Å²) in [6.45, 7) is 2.87. The minimum atomic E-state index is -0.215. The first-order chi connectivity index (χ1) is 9.01. The van der Waals surface area contributed by atoms with Crippen LogP contribution in [-0.2, 0) is 4.74 Å². The molecule has 2 rings (SSSR count). The number of hydrogen-bond acceptors (Lipinski definition) is 4. The number of amides is 1. The molecule has 0 bridgehead atoms. The van der Waals surface area contributed by atoms with E-state index in [1.165, 1.54) is 18.2 Å². The number of aromatic hydroxyl groups is 2. The van der Waals surface area contributed by atoms with E-state index >= 15 is 0 Å². The smallest absolute Gasteiger partial charge is 0.254 e. The van der Waals surface area contributed by atoms with E-state index in [2.05, 4.69) is 15.9 Å². The van der Waals surface area contributed by atoms with Crippen LogP contribution in [0.25, 0.3) is 0 Å². The minimum absolute atomic E-state index is 0.0349. The Labute approximate surface area is 119 Å². The number of phenolic OH excluding ortho intramolecular Hbond substituents is 2. The lowest BCUT2D eigenvalue weighted by Crippen LogP contribution is -2.51. The lowest BCUT2D eigenvalue weighted by atomic mass is 10.1. The quantitative estimate of drug-likeness (QED) is 0.810. The first kappa shape index (κ1) is 14.1. The summed E-state index contributed by atoms with van der Waals surface area (Å²) in [7, 11) is 0. The van der Waals surface area contributed by atoms with Crippen molar-refractivity contribution in [3.8, 4) is 11.5 Å². The number of nitrogens with zero attached hydrogens (tertiary/aromatic N) is 1. The van der Waals surface area contributed by atoms with Gasteiger partial charge in [-0.15, -0.1) is 0 Å². The molecule has 1 saturated heterocycles. The van der Waals surface area contributed by atoms with Crippen LogP contribution < -0.4 is 0 Å². The van der Waals surface area contributed by atoms with Crippen LogP contribution in [0.4, 0.5) is 0 Å². The summed E-state index contributed by atoms with van der Waals surface area (Å²) >= 11 is 3.34. The predicted octanol–water partition coefficient (Wildman–Crippen LogP) is 1.72. The van der Waals surface area contributed by atoms with Crippen LogP contribution in [0.3, 0.4) is 0 Å². The Morgan fingerprint density at radius 1 is 1.42 bits per heavy atom. The van der Waals surface area contributed by atoms with Gasteiger partial charge in [0.15, 0.2) is 0 Å². The zero-order chi connectivity index (χ0) is 14.0. The summed E-state index contributed by atoms with van der Waals surface area (Å²) in [5, 5.41) is 19.5. The van der Waals surface area contributed by atoms with Gasteiger partial charge < -0.3 is 19.8 Å². The zero-order valence-electron chi connectivity index (χ0n) is 10.5. The van der Waals surface area contributed by atoms with E-state index in [1.54, 1.807) is 4.90 Å². The molecule has 0 spiro atoms. The zero-order valence-corrected chi connectivity index (χ0v) is 12.1. The van der Waals surface area contributed by atoms with Crippen LogP contribution >= 0.6 is 15.9 Å². The molecule has 19 heavy (non-hydrogen) atoms. The number of carbonyl (C=O) groups excluding carboxylic acids is 1. The molecule has 104 valence electrons. The highest BCUT2D eigenvalue weighted by Gasteiger charge is 2.30. The average molecular weight is 330 g/mol. The molecule has 2 unspecified atom stereocenters. The van der Waals surface area contributed by atoms with Crippen molar-refractivity contribution in [1.82, 2.24) is 4.90 Å². The van der Waals surface area contributed by atoms with Crippen LogP contribution in [0.15, 0.2) is 18.2 Å². The summed E-state index contributed by atoms with van der Waals surface area (Å²) in [5.74, 6) is -0.462. The molecule has 1 heterocycles. The number of benzene rings is 1. The van der Waals surface area contributed by atoms with Crippen molar-refractivity contribution in [2.75, 3.05) is 18.5 Å². The molecule has 1 aliphatic rings. The highest BCUT2D eigenvalue weighted by Crippen LogP contribution is 2.23. The maximum absolute atomic E-state index is 12.4. The molecule has 0 aromatic heterocycles. The van der Waals surface area contributed by atoms with Crippen LogP contribution in [0.5, 0.6) is 11.5 Å². The second-order valence-electron chi connectivity index (χ2n) is 4.65. The number of rotatable bonds is 2. The molecule has 1 aromatic rings. The van der Waals surface area contributed by atoms with Gasteiger partial charge in [-0.05, 0) is 19.1 Å². The molecule has 5 nitrogen and oxygen atoms in total. The standard InChI is InChI=1S/C13H16BrNO4/c1-8-7-19-12(5-14)6-15(8)13(18)9-2-10(16)4-11(17)3-9/h2-4,8,12,16-17H,5-7H2,1H3. The summed E-state index contributed by atoms with van der Waals surface area (Å²) < 4.78 is 5.56. The van der Waals surface area contributed by atoms with Crippen molar-refractivity contribution in [1.29, 1.82) is 0 Å². The molecular weight excluding hydrogens is 314 g/mol. The van der Waals surface area contributed by atoms with E-state index in [0.717, 1.165) is 0 Å². The van der Waals surface area contributed by atoms with E-state index in [9.17, 15) is 15.0 Å². The number of ether oxygens (including phenoxy) is 1. The maximum Gasteiger partial charge on any atom is 0.254 e. The van der Waals surface area contributed by atoms with Crippen molar-refractivity contribution in [2.24, 2.45) is 0 Å². The van der Waals surface area contributed by atoms with E-state index in [4.69, 9.17) is 4.74 Å². The second kappa shape index (κ2) is 5.79. The van der Waals surface area contributed by atoms with Gasteiger partial charge in [-0.2, -0.15) is 0 Å². The molecule has 1 amide bonds. The highest BCUT2D eigenvalue weighted by molar-refractivity contribution is 9.09. The normalized spacial score (nSPS) is 23.4. The Morgan fingerprint density at radius 2 is 2.05 bits per heavy atom. The molecule has 2 N–H and O–H groups in total. The summed E-state index contributed by atoms with van der Waals surface area (Å²) in [4.78, 5) is 14.1. The number of carbonyl (C=O) groups is 1. The number of hydrogen-bond donors (Lipinski definition) is 2. The van der Waals surface area contributed by atoms with E-state index in [0.29, 0.717) is 18.5 Å². The van der Waals surface area contributed by atoms with Gasteiger partial charge in [-0.1, -0.05) is 15.9 Å². The number of halogens is 1. The van der Waals surface area contributed by atoms with E-state index in [1.807, 2.05) is 6.92 Å². The molecule has 0 radical (unpaired) electrons. The molecule has 0 saturated carbocycles. The lowest BCUT2D eigenvalue weighted by Gasteiger charge is -2.37. The monoisotopic (exact) mass is 329 g/mol. The van der Waals surface area contributed by atoms with Crippen molar-refractivity contribution in [3.05, 3.63) is 23.8 Å². The average Bonchev–Trinajstić information content (AvgIpc) is 2.37. The van der Waals surface area contributed by atoms with Crippen LogP contribution in [-0.4, -0.2) is 51.6 Å². The number of alkyl halides is 1. The second-order valence-corrected chi connectivity index (χ2v) is 5.30. The lowest BCUT2D eigenvalue weighted by molar-refractivity contribution is -0.0361. The van der Waals surface area contributed by atoms with Gasteiger partial charge in [-0.3, -0.25) is 4.79 Å². The Bertz CT molecular complexity index is 459. The summed E-state index contributed by atoms with van der Waals surface area (Å²) in [6, 6.07) is 3.87. The van der Waals surface area contributed by atoms with Gasteiger partial charge in [0.05, 0.1) is 18.8 Å². The Kier molecular flexibility index (Phi) is 4.31. The third-order valence-electron chi connectivity index (χ3n) is 3.09. The third kappa shape index (κ3) is 3.19. The molecule has 1 aliphatic heterocycles. The van der Waals surface area contributed by atoms with Crippen LogP contribution in [0, 0.1) is 0 Å². The summed E-state index contributed by atoms with van der Waals surface area (Å²) in [6.07, 6.45) is -0.0361. The number of morpholine rings is 1. The van der Waals surface area contributed by atoms with Crippen molar-refractivity contribution in [2.45, 2.75) is 19.1 Å². The molecule has 0 aliphatic carbocycles. The van der Waals surface area contributed by atoms with Gasteiger partial charge in [0.25, 0.3) is 5.91 Å². The first-order valence-corrected chi connectivity index (χ1v) is 7.15. The predicted molar refractivity (Wildman–Crippen MR) is 73.8 cm³/mol. The fourth-order valence-corrected chi connectivity index (χ4v) is 2.47. The largest absolute Gasteiger partial charge is 0.508 e. The Balaban J connectivity index is 2.21. The molecule has 1 aromatic carbocycles. The van der Waals surface area contributed by atoms with Crippen molar-refractivity contribution in [3.63, 3.8) is 0 Å². The fraction of sp³-hybridized carbons (Fsp3) is 0.462. The molecular formula is C13H16BrNO4. The van der Waals surface area contributed by atoms with Crippen molar-refractivity contribution >= 4 is 21.8 Å². The van der Waals surface area contributed by atoms with Crippen LogP contribution in [0.1, 0.15) is 17.3 Å². The Morgan fingerprint density at radius 3 is 2.63 bits per heavy atom. The van der Waals surface area contributed by atoms with Gasteiger partial charge in [0, 0.05) is 23.5 Å². The third-order valence-corrected chi connectivity index (χ3v) is 3.81. The molecule has 6 heteroatoms. The topological polar surface area (TPSA) is 70.0 Å². The van der Waals surface area contributed by atoms with Gasteiger partial charge in [0.1, 0.15) is 11.5 Å². The maximum atomic E-state index is 12.4. The SMILES string of the molecule is CC1COC(CBr)CN1C(=O)c1cc(O)cc(O)c1. The first-order valence-electron chi connectivity index (χ1n) is 6.03. The van der Waals surface area contributed by atoms with Gasteiger partial charge >= 0.3 is 0 Å². The van der Waals surface area contributed by atoms with Gasteiger partial charge in [-0.25, -0.2) is 0 Å². The fourth-order valence-electron chi connectivity index (χ4n) is 2.08. The summed E-state index contributed by atoms with van der Waals surface area (Å²) in [5.41, 5.74) is 0.277. The van der Waals surface area contributed by atoms with Crippen LogP contribution in [0.2, 0.25) is 0 Å². The molecule has 2 atom stereocenters.